The van der Waals surface area contributed by atoms with Gasteiger partial charge in [-0.05, 0) is 25.5 Å². The van der Waals surface area contributed by atoms with Crippen LogP contribution in [-0.4, -0.2) is 61.7 Å². The second-order valence-corrected chi connectivity index (χ2v) is 8.99. The molecule has 0 bridgehead atoms. The Labute approximate surface area is 158 Å². The van der Waals surface area contributed by atoms with Gasteiger partial charge in [0.25, 0.3) is 5.91 Å². The van der Waals surface area contributed by atoms with Gasteiger partial charge in [-0.1, -0.05) is 17.7 Å². The zero-order valence-electron chi connectivity index (χ0n) is 15.2. The van der Waals surface area contributed by atoms with Crippen LogP contribution in [-0.2, 0) is 19.4 Å². The van der Waals surface area contributed by atoms with E-state index in [1.165, 1.54) is 5.01 Å². The third-order valence-electron chi connectivity index (χ3n) is 4.55. The predicted molar refractivity (Wildman–Crippen MR) is 100 cm³/mol. The molecular weight excluding hydrogens is 370 g/mol. The van der Waals surface area contributed by atoms with Crippen molar-refractivity contribution >= 4 is 27.4 Å². The van der Waals surface area contributed by atoms with Crippen molar-refractivity contribution in [1.29, 1.82) is 0 Å². The summed E-state index contributed by atoms with van der Waals surface area (Å²) < 4.78 is 28.8. The monoisotopic (exact) mass is 393 g/mol. The lowest BCUT2D eigenvalue weighted by Gasteiger charge is -2.27. The minimum absolute atomic E-state index is 0.0504. The summed E-state index contributed by atoms with van der Waals surface area (Å²) in [7, 11) is -3.13. The van der Waals surface area contributed by atoms with E-state index in [1.54, 1.807) is 0 Å². The van der Waals surface area contributed by atoms with Crippen LogP contribution < -0.4 is 10.1 Å². The van der Waals surface area contributed by atoms with Gasteiger partial charge in [0.05, 0.1) is 24.1 Å². The molecule has 1 N–H and O–H groups in total. The van der Waals surface area contributed by atoms with Crippen molar-refractivity contribution in [3.63, 3.8) is 0 Å². The van der Waals surface area contributed by atoms with Crippen LogP contribution >= 0.6 is 0 Å². The van der Waals surface area contributed by atoms with Crippen molar-refractivity contribution in [2.45, 2.75) is 32.2 Å². The fourth-order valence-electron chi connectivity index (χ4n) is 3.06. The van der Waals surface area contributed by atoms with Crippen LogP contribution in [0.2, 0.25) is 0 Å². The number of rotatable bonds is 6. The van der Waals surface area contributed by atoms with E-state index in [0.717, 1.165) is 11.3 Å². The molecule has 1 saturated heterocycles. The van der Waals surface area contributed by atoms with E-state index >= 15 is 0 Å². The second kappa shape index (κ2) is 8.08. The fourth-order valence-corrected chi connectivity index (χ4v) is 4.75. The summed E-state index contributed by atoms with van der Waals surface area (Å²) in [5.74, 6) is 0.0809. The van der Waals surface area contributed by atoms with Crippen molar-refractivity contribution < 1.29 is 22.7 Å². The van der Waals surface area contributed by atoms with Gasteiger partial charge in [0.1, 0.15) is 18.1 Å². The maximum atomic E-state index is 12.3. The van der Waals surface area contributed by atoms with E-state index in [1.807, 2.05) is 31.2 Å². The SMILES string of the molecule is Cc1ccc(OCCNC(=O)C2=NN([C@H]3CCS(=O)(=O)C3)C(=O)CC2)cc1. The average molecular weight is 393 g/mol. The molecule has 27 heavy (non-hydrogen) atoms. The molecule has 9 heteroatoms. The molecule has 0 aromatic heterocycles. The van der Waals surface area contributed by atoms with E-state index in [4.69, 9.17) is 4.74 Å². The molecule has 2 heterocycles. The van der Waals surface area contributed by atoms with Gasteiger partial charge < -0.3 is 10.1 Å². The molecule has 8 nitrogen and oxygen atoms in total. The molecule has 3 rings (SSSR count). The lowest BCUT2D eigenvalue weighted by atomic mass is 10.1. The van der Waals surface area contributed by atoms with E-state index in [0.29, 0.717) is 19.6 Å². The Balaban J connectivity index is 1.52. The van der Waals surface area contributed by atoms with Crippen molar-refractivity contribution in [1.82, 2.24) is 10.3 Å². The Morgan fingerprint density at radius 3 is 2.70 bits per heavy atom. The van der Waals surface area contributed by atoms with Crippen molar-refractivity contribution in [2.24, 2.45) is 5.10 Å². The summed E-state index contributed by atoms with van der Waals surface area (Å²) in [5.41, 5.74) is 1.38. The van der Waals surface area contributed by atoms with Gasteiger partial charge in [-0.25, -0.2) is 13.4 Å². The largest absolute Gasteiger partial charge is 0.492 e. The Kier molecular flexibility index (Phi) is 5.79. The first-order valence-corrected chi connectivity index (χ1v) is 10.7. The van der Waals surface area contributed by atoms with Gasteiger partial charge in [-0.3, -0.25) is 9.59 Å². The van der Waals surface area contributed by atoms with E-state index in [9.17, 15) is 18.0 Å². The summed E-state index contributed by atoms with van der Waals surface area (Å²) in [6.45, 7) is 2.60. The van der Waals surface area contributed by atoms with Gasteiger partial charge in [-0.15, -0.1) is 0 Å². The predicted octanol–water partition coefficient (Wildman–Crippen LogP) is 0.656. The molecule has 0 radical (unpaired) electrons. The van der Waals surface area contributed by atoms with E-state index < -0.39 is 15.9 Å². The van der Waals surface area contributed by atoms with Crippen molar-refractivity contribution in [3.8, 4) is 5.75 Å². The molecule has 0 aliphatic carbocycles. The van der Waals surface area contributed by atoms with Crippen molar-refractivity contribution in [3.05, 3.63) is 29.8 Å². The highest BCUT2D eigenvalue weighted by atomic mass is 32.2. The molecule has 146 valence electrons. The smallest absolute Gasteiger partial charge is 0.267 e. The number of benzene rings is 1. The maximum Gasteiger partial charge on any atom is 0.267 e. The molecule has 1 fully saturated rings. The number of hydrogen-bond donors (Lipinski definition) is 1. The molecule has 1 aromatic carbocycles. The summed E-state index contributed by atoms with van der Waals surface area (Å²) in [5, 5.41) is 8.05. The first-order chi connectivity index (χ1) is 12.8. The number of sulfone groups is 1. The van der Waals surface area contributed by atoms with Gasteiger partial charge in [-0.2, -0.15) is 5.10 Å². The van der Waals surface area contributed by atoms with Crippen LogP contribution in [0, 0.1) is 6.92 Å². The molecule has 0 unspecified atom stereocenters. The quantitative estimate of drug-likeness (QED) is 0.715. The summed E-state index contributed by atoms with van der Waals surface area (Å²) in [6, 6.07) is 7.14. The number of hydrogen-bond acceptors (Lipinski definition) is 6. The van der Waals surface area contributed by atoms with Crippen LogP contribution in [0.4, 0.5) is 0 Å². The summed E-state index contributed by atoms with van der Waals surface area (Å²) >= 11 is 0. The summed E-state index contributed by atoms with van der Waals surface area (Å²) in [6.07, 6.45) is 0.763. The van der Waals surface area contributed by atoms with Gasteiger partial charge in [0.15, 0.2) is 9.84 Å². The first-order valence-electron chi connectivity index (χ1n) is 8.92. The van der Waals surface area contributed by atoms with Crippen LogP contribution in [0.1, 0.15) is 24.8 Å². The molecule has 1 atom stereocenters. The number of carbonyl (C=O) groups is 2. The minimum Gasteiger partial charge on any atom is -0.492 e. The second-order valence-electron chi connectivity index (χ2n) is 6.76. The van der Waals surface area contributed by atoms with E-state index in [-0.39, 0.29) is 41.9 Å². The minimum atomic E-state index is -3.13. The normalized spacial score (nSPS) is 21.7. The molecular formula is C18H23N3O5S. The maximum absolute atomic E-state index is 12.3. The van der Waals surface area contributed by atoms with E-state index in [2.05, 4.69) is 10.4 Å². The number of aryl methyl sites for hydroxylation is 1. The Bertz CT molecular complexity index is 848. The lowest BCUT2D eigenvalue weighted by molar-refractivity contribution is -0.133. The highest BCUT2D eigenvalue weighted by Gasteiger charge is 2.37. The molecule has 2 amide bonds. The van der Waals surface area contributed by atoms with Crippen LogP contribution in [0.5, 0.6) is 5.75 Å². The Morgan fingerprint density at radius 2 is 2.04 bits per heavy atom. The number of hydrazone groups is 1. The van der Waals surface area contributed by atoms with Crippen molar-refractivity contribution in [2.75, 3.05) is 24.7 Å². The molecule has 0 saturated carbocycles. The Hall–Kier alpha value is -2.42. The third kappa shape index (κ3) is 5.06. The first kappa shape index (κ1) is 19.3. The highest BCUT2D eigenvalue weighted by Crippen LogP contribution is 2.22. The molecule has 0 spiro atoms. The number of nitrogens with zero attached hydrogens (tertiary/aromatic N) is 2. The number of amides is 2. The van der Waals surface area contributed by atoms with Crippen LogP contribution in [0.25, 0.3) is 0 Å². The molecule has 2 aliphatic rings. The zero-order valence-corrected chi connectivity index (χ0v) is 16.0. The molecule has 2 aliphatic heterocycles. The standard InChI is InChI=1S/C18H23N3O5S/c1-13-2-4-15(5-3-13)26-10-9-19-18(23)16-6-7-17(22)21(20-16)14-8-11-27(24,25)12-14/h2-5,14H,6-12H2,1H3,(H,19,23)/t14-/m0/s1. The van der Waals surface area contributed by atoms with Gasteiger partial charge >= 0.3 is 0 Å². The summed E-state index contributed by atoms with van der Waals surface area (Å²) in [4.78, 5) is 24.4. The number of nitrogens with one attached hydrogen (secondary N) is 1. The lowest BCUT2D eigenvalue weighted by Crippen LogP contribution is -2.44. The highest BCUT2D eigenvalue weighted by molar-refractivity contribution is 7.91. The zero-order chi connectivity index (χ0) is 19.4. The van der Waals surface area contributed by atoms with Gasteiger partial charge in [0, 0.05) is 12.8 Å². The number of ether oxygens (including phenoxy) is 1. The van der Waals surface area contributed by atoms with Crippen LogP contribution in [0.3, 0.4) is 0 Å². The third-order valence-corrected chi connectivity index (χ3v) is 6.30. The average Bonchev–Trinajstić information content (AvgIpc) is 3.00. The number of carbonyl (C=O) groups excluding carboxylic acids is 2. The van der Waals surface area contributed by atoms with Crippen LogP contribution in [0.15, 0.2) is 29.4 Å². The fraction of sp³-hybridized carbons (Fsp3) is 0.500. The topological polar surface area (TPSA) is 105 Å². The molecule has 1 aromatic rings. The Morgan fingerprint density at radius 1 is 1.30 bits per heavy atom. The van der Waals surface area contributed by atoms with Gasteiger partial charge in [0.2, 0.25) is 5.91 Å².